The summed E-state index contributed by atoms with van der Waals surface area (Å²) in [4.78, 5) is 15.6. The number of aromatic nitrogens is 1. The number of carbonyl (C=O) groups excluding carboxylic acids is 1. The standard InChI is InChI=1S/C14H13FN2O4S/c1-10-2-4-11(5-3-10)6-14(18)17-12-7-13(9-16-8-12)21-22(15,19)20/h2-5,7-9H,6H2,1H3,(H,17,18). The topological polar surface area (TPSA) is 85.4 Å². The van der Waals surface area contributed by atoms with Gasteiger partial charge in [-0.2, -0.15) is 8.42 Å². The third-order valence-corrected chi connectivity index (χ3v) is 3.07. The van der Waals surface area contributed by atoms with E-state index in [1.165, 1.54) is 6.20 Å². The first-order valence-electron chi connectivity index (χ1n) is 6.26. The molecule has 0 bridgehead atoms. The predicted molar refractivity (Wildman–Crippen MR) is 78.4 cm³/mol. The van der Waals surface area contributed by atoms with Gasteiger partial charge in [-0.15, -0.1) is 0 Å². The molecular weight excluding hydrogens is 311 g/mol. The molecule has 2 aromatic rings. The van der Waals surface area contributed by atoms with E-state index in [2.05, 4.69) is 14.5 Å². The van der Waals surface area contributed by atoms with Crippen LogP contribution in [-0.4, -0.2) is 19.3 Å². The van der Waals surface area contributed by atoms with Crippen LogP contribution in [0.1, 0.15) is 11.1 Å². The van der Waals surface area contributed by atoms with E-state index in [-0.39, 0.29) is 23.8 Å². The summed E-state index contributed by atoms with van der Waals surface area (Å²) in [5.41, 5.74) is 2.12. The highest BCUT2D eigenvalue weighted by Crippen LogP contribution is 2.18. The van der Waals surface area contributed by atoms with Crippen molar-refractivity contribution >= 4 is 22.1 Å². The Labute approximate surface area is 127 Å². The monoisotopic (exact) mass is 324 g/mol. The Bertz CT molecular complexity index is 776. The van der Waals surface area contributed by atoms with Crippen molar-refractivity contribution in [2.24, 2.45) is 0 Å². The van der Waals surface area contributed by atoms with E-state index in [0.29, 0.717) is 0 Å². The fourth-order valence-corrected chi connectivity index (χ4v) is 2.07. The summed E-state index contributed by atoms with van der Waals surface area (Å²) >= 11 is 0. The van der Waals surface area contributed by atoms with Crippen LogP contribution in [0.4, 0.5) is 9.57 Å². The quantitative estimate of drug-likeness (QED) is 0.852. The molecule has 1 aromatic carbocycles. The fourth-order valence-electron chi connectivity index (χ4n) is 1.74. The molecular formula is C14H13FN2O4S. The summed E-state index contributed by atoms with van der Waals surface area (Å²) in [6.45, 7) is 1.94. The van der Waals surface area contributed by atoms with Gasteiger partial charge in [0, 0.05) is 6.07 Å². The molecule has 0 fully saturated rings. The first-order valence-corrected chi connectivity index (χ1v) is 7.57. The second-order valence-electron chi connectivity index (χ2n) is 4.60. The van der Waals surface area contributed by atoms with E-state index in [9.17, 15) is 17.1 Å². The Kier molecular flexibility index (Phi) is 4.71. The average Bonchev–Trinajstić information content (AvgIpc) is 2.40. The number of anilines is 1. The minimum absolute atomic E-state index is 0.146. The lowest BCUT2D eigenvalue weighted by atomic mass is 10.1. The van der Waals surface area contributed by atoms with E-state index >= 15 is 0 Å². The Morgan fingerprint density at radius 2 is 1.95 bits per heavy atom. The van der Waals surface area contributed by atoms with Gasteiger partial charge in [-0.05, 0) is 12.5 Å². The van der Waals surface area contributed by atoms with Crippen molar-refractivity contribution in [3.8, 4) is 5.75 Å². The minimum atomic E-state index is -5.13. The number of halogens is 1. The molecule has 1 aromatic heterocycles. The maximum Gasteiger partial charge on any atom is 0.488 e. The SMILES string of the molecule is Cc1ccc(CC(=O)Nc2cncc(OS(=O)(=O)F)c2)cc1. The predicted octanol–water partition coefficient (Wildman–Crippen LogP) is 2.16. The highest BCUT2D eigenvalue weighted by molar-refractivity contribution is 7.81. The van der Waals surface area contributed by atoms with Crippen LogP contribution in [0.15, 0.2) is 42.7 Å². The van der Waals surface area contributed by atoms with Gasteiger partial charge in [0.15, 0.2) is 5.75 Å². The van der Waals surface area contributed by atoms with Crippen LogP contribution < -0.4 is 9.50 Å². The third-order valence-electron chi connectivity index (χ3n) is 2.68. The molecule has 1 heterocycles. The summed E-state index contributed by atoms with van der Waals surface area (Å²) in [5, 5.41) is 2.53. The molecule has 8 heteroatoms. The lowest BCUT2D eigenvalue weighted by Crippen LogP contribution is -2.14. The number of rotatable bonds is 5. The zero-order valence-electron chi connectivity index (χ0n) is 11.6. The molecule has 0 aliphatic carbocycles. The molecule has 2 rings (SSSR count). The molecule has 116 valence electrons. The third kappa shape index (κ3) is 5.13. The van der Waals surface area contributed by atoms with Crippen molar-refractivity contribution in [2.45, 2.75) is 13.3 Å². The minimum Gasteiger partial charge on any atom is -0.357 e. The van der Waals surface area contributed by atoms with Crippen LogP contribution in [0.2, 0.25) is 0 Å². The number of benzene rings is 1. The highest BCUT2D eigenvalue weighted by atomic mass is 32.3. The van der Waals surface area contributed by atoms with Gasteiger partial charge in [0.25, 0.3) is 0 Å². The molecule has 0 saturated carbocycles. The van der Waals surface area contributed by atoms with Crippen LogP contribution in [0.25, 0.3) is 0 Å². The summed E-state index contributed by atoms with van der Waals surface area (Å²) in [7, 11) is -5.13. The van der Waals surface area contributed by atoms with Crippen molar-refractivity contribution < 1.29 is 21.3 Å². The molecule has 6 nitrogen and oxygen atoms in total. The van der Waals surface area contributed by atoms with Gasteiger partial charge in [-0.1, -0.05) is 33.7 Å². The van der Waals surface area contributed by atoms with E-state index in [4.69, 9.17) is 0 Å². The largest absolute Gasteiger partial charge is 0.488 e. The maximum absolute atomic E-state index is 12.4. The van der Waals surface area contributed by atoms with Crippen LogP contribution in [0.3, 0.4) is 0 Å². The number of aryl methyl sites for hydroxylation is 1. The first kappa shape index (κ1) is 15.9. The Hall–Kier alpha value is -2.48. The molecule has 0 aliphatic heterocycles. The molecule has 0 spiro atoms. The summed E-state index contributed by atoms with van der Waals surface area (Å²) in [6.07, 6.45) is 2.46. The zero-order chi connectivity index (χ0) is 16.2. The zero-order valence-corrected chi connectivity index (χ0v) is 12.4. The van der Waals surface area contributed by atoms with Crippen LogP contribution in [-0.2, 0) is 21.7 Å². The smallest absolute Gasteiger partial charge is 0.357 e. The normalized spacial score (nSPS) is 11.0. The maximum atomic E-state index is 12.4. The van der Waals surface area contributed by atoms with E-state index in [1.54, 1.807) is 0 Å². The number of hydrogen-bond acceptors (Lipinski definition) is 5. The number of hydrogen-bond donors (Lipinski definition) is 1. The van der Waals surface area contributed by atoms with E-state index < -0.39 is 10.5 Å². The molecule has 22 heavy (non-hydrogen) atoms. The lowest BCUT2D eigenvalue weighted by Gasteiger charge is -2.06. The van der Waals surface area contributed by atoms with Crippen molar-refractivity contribution in [2.75, 3.05) is 5.32 Å². The van der Waals surface area contributed by atoms with Crippen molar-refractivity contribution in [1.29, 1.82) is 0 Å². The number of amides is 1. The molecule has 0 atom stereocenters. The number of pyridine rings is 1. The first-order chi connectivity index (χ1) is 10.3. The highest BCUT2D eigenvalue weighted by Gasteiger charge is 2.11. The molecule has 1 N–H and O–H groups in total. The summed E-state index contributed by atoms with van der Waals surface area (Å²) < 4.78 is 37.3. The van der Waals surface area contributed by atoms with Crippen molar-refractivity contribution in [3.05, 3.63) is 53.9 Å². The van der Waals surface area contributed by atoms with Gasteiger partial charge in [-0.25, -0.2) is 0 Å². The van der Waals surface area contributed by atoms with Crippen molar-refractivity contribution in [1.82, 2.24) is 4.98 Å². The van der Waals surface area contributed by atoms with Gasteiger partial charge in [-0.3, -0.25) is 9.78 Å². The van der Waals surface area contributed by atoms with Crippen LogP contribution >= 0.6 is 0 Å². The van der Waals surface area contributed by atoms with Crippen LogP contribution in [0, 0.1) is 6.92 Å². The van der Waals surface area contributed by atoms with Gasteiger partial charge in [0.05, 0.1) is 24.5 Å². The number of nitrogens with zero attached hydrogens (tertiary/aromatic N) is 1. The fraction of sp³-hybridized carbons (Fsp3) is 0.143. The van der Waals surface area contributed by atoms with Gasteiger partial charge in [0.1, 0.15) is 0 Å². The summed E-state index contributed by atoms with van der Waals surface area (Å²) in [5.74, 6) is -0.637. The average molecular weight is 324 g/mol. The Morgan fingerprint density at radius 1 is 1.27 bits per heavy atom. The number of carbonyl (C=O) groups is 1. The molecule has 0 saturated heterocycles. The Balaban J connectivity index is 2.02. The second kappa shape index (κ2) is 6.52. The van der Waals surface area contributed by atoms with Gasteiger partial charge in [0.2, 0.25) is 5.91 Å². The van der Waals surface area contributed by atoms with E-state index in [1.807, 2.05) is 31.2 Å². The molecule has 0 aliphatic rings. The van der Waals surface area contributed by atoms with Gasteiger partial charge < -0.3 is 9.50 Å². The second-order valence-corrected chi connectivity index (χ2v) is 5.55. The number of nitrogens with one attached hydrogen (secondary N) is 1. The van der Waals surface area contributed by atoms with Gasteiger partial charge >= 0.3 is 10.5 Å². The lowest BCUT2D eigenvalue weighted by molar-refractivity contribution is -0.115. The molecule has 0 unspecified atom stereocenters. The molecule has 0 radical (unpaired) electrons. The van der Waals surface area contributed by atoms with Crippen LogP contribution in [0.5, 0.6) is 5.75 Å². The van der Waals surface area contributed by atoms with Crippen molar-refractivity contribution in [3.63, 3.8) is 0 Å². The Morgan fingerprint density at radius 3 is 2.59 bits per heavy atom. The molecule has 1 amide bonds. The van der Waals surface area contributed by atoms with E-state index in [0.717, 1.165) is 23.4 Å². The summed E-state index contributed by atoms with van der Waals surface area (Å²) in [6, 6.07) is 8.62.